The highest BCUT2D eigenvalue weighted by molar-refractivity contribution is 6.26. The molecule has 0 N–H and O–H groups in total. The maximum Gasteiger partial charge on any atom is 0.146 e. The third-order valence-electron chi connectivity index (χ3n) is 8.12. The van der Waals surface area contributed by atoms with Gasteiger partial charge in [-0.25, -0.2) is 4.98 Å². The normalized spacial score (nSPS) is 12.0. The average molecular weight is 511 g/mol. The minimum absolute atomic E-state index is 0.966. The Labute approximate surface area is 229 Å². The predicted molar refractivity (Wildman–Crippen MR) is 165 cm³/mol. The van der Waals surface area contributed by atoms with E-state index >= 15 is 0 Å². The Bertz CT molecular complexity index is 2430. The molecule has 4 nitrogen and oxygen atoms in total. The van der Waals surface area contributed by atoms with Crippen LogP contribution in [0.1, 0.15) is 0 Å². The Morgan fingerprint density at radius 1 is 0.525 bits per heavy atom. The first-order valence-corrected chi connectivity index (χ1v) is 13.5. The molecule has 0 aliphatic heterocycles. The van der Waals surface area contributed by atoms with Crippen LogP contribution in [0.4, 0.5) is 0 Å². The highest BCUT2D eigenvalue weighted by Crippen LogP contribution is 2.41. The fraction of sp³-hybridized carbons (Fsp3) is 0. The van der Waals surface area contributed by atoms with Crippen LogP contribution in [0, 0.1) is 0 Å². The van der Waals surface area contributed by atoms with Crippen molar-refractivity contribution < 1.29 is 0 Å². The molecule has 0 radical (unpaired) electrons. The van der Waals surface area contributed by atoms with E-state index in [9.17, 15) is 0 Å². The van der Waals surface area contributed by atoms with E-state index in [0.717, 1.165) is 39.0 Å². The fourth-order valence-corrected chi connectivity index (χ4v) is 6.45. The summed E-state index contributed by atoms with van der Waals surface area (Å²) in [5.74, 6) is 0. The van der Waals surface area contributed by atoms with Crippen LogP contribution in [0.25, 0.3) is 77.1 Å². The van der Waals surface area contributed by atoms with Crippen molar-refractivity contribution in [2.24, 2.45) is 0 Å². The van der Waals surface area contributed by atoms with Crippen molar-refractivity contribution in [3.63, 3.8) is 0 Å². The van der Waals surface area contributed by atoms with Crippen molar-refractivity contribution in [3.05, 3.63) is 134 Å². The van der Waals surface area contributed by atoms with Gasteiger partial charge in [0.05, 0.1) is 33.3 Å². The lowest BCUT2D eigenvalue weighted by molar-refractivity contribution is 1.18. The van der Waals surface area contributed by atoms with Crippen LogP contribution < -0.4 is 0 Å². The Balaban J connectivity index is 1.50. The van der Waals surface area contributed by atoms with Crippen LogP contribution in [-0.2, 0) is 0 Å². The second-order valence-electron chi connectivity index (χ2n) is 10.3. The van der Waals surface area contributed by atoms with Gasteiger partial charge in [0.1, 0.15) is 5.65 Å². The molecule has 0 saturated carbocycles. The van der Waals surface area contributed by atoms with Gasteiger partial charge in [0, 0.05) is 39.0 Å². The van der Waals surface area contributed by atoms with Crippen molar-refractivity contribution in [2.45, 2.75) is 0 Å². The van der Waals surface area contributed by atoms with Crippen molar-refractivity contribution in [1.29, 1.82) is 0 Å². The molecule has 0 bridgehead atoms. The topological polar surface area (TPSA) is 35.1 Å². The van der Waals surface area contributed by atoms with Crippen molar-refractivity contribution in [1.82, 2.24) is 18.9 Å². The number of pyridine rings is 2. The summed E-state index contributed by atoms with van der Waals surface area (Å²) in [6.07, 6.45) is 1.85. The van der Waals surface area contributed by atoms with E-state index in [1.54, 1.807) is 0 Å². The first-order valence-electron chi connectivity index (χ1n) is 13.5. The number of rotatable bonds is 2. The molecule has 9 rings (SSSR count). The molecular weight excluding hydrogens is 488 g/mol. The fourth-order valence-electron chi connectivity index (χ4n) is 6.45. The molecular formula is C36H22N4. The van der Waals surface area contributed by atoms with Crippen LogP contribution in [0.15, 0.2) is 134 Å². The van der Waals surface area contributed by atoms with Gasteiger partial charge in [-0.3, -0.25) is 9.38 Å². The summed E-state index contributed by atoms with van der Waals surface area (Å²) in [4.78, 5) is 9.74. The zero-order chi connectivity index (χ0) is 26.2. The van der Waals surface area contributed by atoms with Crippen LogP contribution in [-0.4, -0.2) is 18.9 Å². The molecule has 5 aromatic carbocycles. The van der Waals surface area contributed by atoms with Gasteiger partial charge in [0.15, 0.2) is 0 Å². The van der Waals surface area contributed by atoms with E-state index in [0.29, 0.717) is 0 Å². The summed E-state index contributed by atoms with van der Waals surface area (Å²) < 4.78 is 4.76. The Morgan fingerprint density at radius 2 is 1.30 bits per heavy atom. The SMILES string of the molecule is c1ccc(-c2cccc(-n3c4ccccc4c4c3ccc3c5ccccc5c5nc6ccccc6n5c34)c2)nc1. The molecule has 4 aromatic heterocycles. The van der Waals surface area contributed by atoms with E-state index in [4.69, 9.17) is 4.98 Å². The van der Waals surface area contributed by atoms with Crippen LogP contribution >= 0.6 is 0 Å². The highest BCUT2D eigenvalue weighted by atomic mass is 15.0. The lowest BCUT2D eigenvalue weighted by Crippen LogP contribution is -1.96. The number of benzene rings is 5. The number of hydrogen-bond acceptors (Lipinski definition) is 2. The average Bonchev–Trinajstić information content (AvgIpc) is 3.58. The van der Waals surface area contributed by atoms with Gasteiger partial charge in [-0.15, -0.1) is 0 Å². The Hall–Kier alpha value is -5.48. The summed E-state index contributed by atoms with van der Waals surface area (Å²) >= 11 is 0. The van der Waals surface area contributed by atoms with Crippen LogP contribution in [0.2, 0.25) is 0 Å². The van der Waals surface area contributed by atoms with Gasteiger partial charge in [0.2, 0.25) is 0 Å². The van der Waals surface area contributed by atoms with Crippen LogP contribution in [0.3, 0.4) is 0 Å². The first kappa shape index (κ1) is 21.5. The Morgan fingerprint density at radius 3 is 2.17 bits per heavy atom. The quantitative estimate of drug-likeness (QED) is 0.218. The van der Waals surface area contributed by atoms with Crippen molar-refractivity contribution in [2.75, 3.05) is 0 Å². The molecule has 40 heavy (non-hydrogen) atoms. The van der Waals surface area contributed by atoms with Crippen molar-refractivity contribution >= 4 is 60.2 Å². The number of imidazole rings is 1. The third kappa shape index (κ3) is 2.85. The van der Waals surface area contributed by atoms with Gasteiger partial charge in [-0.2, -0.15) is 0 Å². The largest absolute Gasteiger partial charge is 0.309 e. The lowest BCUT2D eigenvalue weighted by Gasteiger charge is -2.12. The van der Waals surface area contributed by atoms with E-state index in [1.807, 2.05) is 18.3 Å². The lowest BCUT2D eigenvalue weighted by atomic mass is 10.0. The molecule has 0 aliphatic rings. The van der Waals surface area contributed by atoms with Gasteiger partial charge < -0.3 is 4.57 Å². The molecule has 4 heteroatoms. The number of nitrogens with zero attached hydrogens (tertiary/aromatic N) is 4. The number of aromatic nitrogens is 4. The molecule has 4 heterocycles. The van der Waals surface area contributed by atoms with Crippen molar-refractivity contribution in [3.8, 4) is 16.9 Å². The van der Waals surface area contributed by atoms with Crippen LogP contribution in [0.5, 0.6) is 0 Å². The van der Waals surface area contributed by atoms with Gasteiger partial charge >= 0.3 is 0 Å². The monoisotopic (exact) mass is 510 g/mol. The zero-order valence-electron chi connectivity index (χ0n) is 21.5. The first-order chi connectivity index (χ1) is 19.9. The number of hydrogen-bond donors (Lipinski definition) is 0. The van der Waals surface area contributed by atoms with Gasteiger partial charge in [0.25, 0.3) is 0 Å². The summed E-state index contributed by atoms with van der Waals surface area (Å²) in [5.41, 5.74) is 9.82. The molecule has 0 unspecified atom stereocenters. The summed E-state index contributed by atoms with van der Waals surface area (Å²) in [7, 11) is 0. The summed E-state index contributed by atoms with van der Waals surface area (Å²) in [5, 5.41) is 6.06. The molecule has 0 atom stereocenters. The van der Waals surface area contributed by atoms with E-state index < -0.39 is 0 Å². The molecule has 0 spiro atoms. The predicted octanol–water partition coefficient (Wildman–Crippen LogP) is 8.95. The molecule has 9 aromatic rings. The summed E-state index contributed by atoms with van der Waals surface area (Å²) in [6.45, 7) is 0. The molecule has 186 valence electrons. The zero-order valence-corrected chi connectivity index (χ0v) is 21.5. The molecule has 0 saturated heterocycles. The highest BCUT2D eigenvalue weighted by Gasteiger charge is 2.20. The van der Waals surface area contributed by atoms with E-state index in [-0.39, 0.29) is 0 Å². The standard InChI is InChI=1S/C36H22N4/c1-2-13-27-25(12-1)26-19-20-33-34(35(26)40-32-18-6-4-16-30(32)38-36(27)40)28-14-3-5-17-31(28)39(33)24-11-9-10-23(22-24)29-15-7-8-21-37-29/h1-22H. The third-order valence-corrected chi connectivity index (χ3v) is 8.12. The summed E-state index contributed by atoms with van der Waals surface area (Å²) in [6, 6.07) is 45.1. The second kappa shape index (κ2) is 8.01. The maximum absolute atomic E-state index is 5.14. The second-order valence-corrected chi connectivity index (χ2v) is 10.3. The van der Waals surface area contributed by atoms with Gasteiger partial charge in [-0.05, 0) is 53.9 Å². The number of fused-ring (bicyclic) bond motifs is 12. The molecule has 0 fully saturated rings. The Kier molecular flexibility index (Phi) is 4.30. The smallest absolute Gasteiger partial charge is 0.146 e. The van der Waals surface area contributed by atoms with Gasteiger partial charge in [-0.1, -0.05) is 78.9 Å². The van der Waals surface area contributed by atoms with E-state index in [1.165, 1.54) is 38.1 Å². The van der Waals surface area contributed by atoms with E-state index in [2.05, 4.69) is 129 Å². The molecule has 0 amide bonds. The maximum atomic E-state index is 5.14. The minimum atomic E-state index is 0.966. The number of para-hydroxylation sites is 3. The minimum Gasteiger partial charge on any atom is -0.309 e. The molecule has 0 aliphatic carbocycles.